The summed E-state index contributed by atoms with van der Waals surface area (Å²) in [5.74, 6) is 1.24. The number of benzene rings is 1. The number of rotatable bonds is 9. The second kappa shape index (κ2) is 10.00. The molecule has 0 atom stereocenters. The molecule has 1 aromatic carbocycles. The molecule has 1 aromatic rings. The van der Waals surface area contributed by atoms with Crippen LogP contribution in [0.25, 0.3) is 0 Å². The fraction of sp³-hybridized carbons (Fsp3) is 0.538. The Bertz CT molecular complexity index is 365. The summed E-state index contributed by atoms with van der Waals surface area (Å²) in [5, 5.41) is 0. The Balaban J connectivity index is 2.33. The van der Waals surface area contributed by atoms with Gasteiger partial charge in [0.25, 0.3) is 0 Å². The van der Waals surface area contributed by atoms with E-state index in [1.807, 2.05) is 12.1 Å². The van der Waals surface area contributed by atoms with Crippen LogP contribution in [-0.4, -0.2) is 33.5 Å². The van der Waals surface area contributed by atoms with Crippen molar-refractivity contribution in [2.24, 2.45) is 0 Å². The first-order valence-corrected chi connectivity index (χ1v) is 8.04. The van der Waals surface area contributed by atoms with Crippen molar-refractivity contribution in [3.63, 3.8) is 0 Å². The van der Waals surface area contributed by atoms with E-state index in [9.17, 15) is 0 Å². The largest absolute Gasteiger partial charge is 0.489 e. The maximum absolute atomic E-state index is 5.80. The highest BCUT2D eigenvalue weighted by molar-refractivity contribution is 9.11. The van der Waals surface area contributed by atoms with E-state index < -0.39 is 0 Å². The van der Waals surface area contributed by atoms with Gasteiger partial charge in [-0.3, -0.25) is 0 Å². The molecule has 0 saturated carbocycles. The number of methoxy groups -OCH3 is 1. The van der Waals surface area contributed by atoms with E-state index in [1.165, 1.54) is 0 Å². The van der Waals surface area contributed by atoms with E-state index in [-0.39, 0.29) is 0 Å². The standard InChI is InChI=1S/C13H17Br2ClO3/c1-17-3-2-4-18-5-6-19-13-11(14)7-10(9-16)8-12(13)15/h7-8H,2-6,9H2,1H3. The topological polar surface area (TPSA) is 27.7 Å². The number of alkyl halides is 1. The first-order valence-electron chi connectivity index (χ1n) is 5.92. The van der Waals surface area contributed by atoms with Gasteiger partial charge in [0.2, 0.25) is 0 Å². The normalized spacial score (nSPS) is 10.7. The molecule has 108 valence electrons. The number of halogens is 3. The van der Waals surface area contributed by atoms with Crippen LogP contribution in [0.2, 0.25) is 0 Å². The molecule has 0 radical (unpaired) electrons. The third-order valence-corrected chi connectivity index (χ3v) is 3.81. The van der Waals surface area contributed by atoms with Crippen molar-refractivity contribution in [1.29, 1.82) is 0 Å². The molecule has 0 aliphatic heterocycles. The molecule has 0 heterocycles. The van der Waals surface area contributed by atoms with Gasteiger partial charge in [-0.2, -0.15) is 0 Å². The summed E-state index contributed by atoms with van der Waals surface area (Å²) in [6.45, 7) is 2.47. The van der Waals surface area contributed by atoms with Crippen molar-refractivity contribution in [2.45, 2.75) is 12.3 Å². The molecular formula is C13H17Br2ClO3. The molecule has 0 aromatic heterocycles. The molecule has 0 aliphatic carbocycles. The fourth-order valence-electron chi connectivity index (χ4n) is 1.44. The molecule has 1 rings (SSSR count). The molecular weight excluding hydrogens is 399 g/mol. The Morgan fingerprint density at radius 2 is 1.74 bits per heavy atom. The summed E-state index contributed by atoms with van der Waals surface area (Å²) in [6.07, 6.45) is 0.897. The van der Waals surface area contributed by atoms with Crippen LogP contribution < -0.4 is 4.74 Å². The molecule has 0 bridgehead atoms. The average Bonchev–Trinajstić information content (AvgIpc) is 2.40. The molecule has 0 amide bonds. The van der Waals surface area contributed by atoms with E-state index in [0.717, 1.165) is 33.3 Å². The second-order valence-corrected chi connectivity index (χ2v) is 5.81. The summed E-state index contributed by atoms with van der Waals surface area (Å²) in [6, 6.07) is 3.90. The van der Waals surface area contributed by atoms with Crippen LogP contribution in [0.1, 0.15) is 12.0 Å². The Hall–Kier alpha value is 0.190. The third kappa shape index (κ3) is 6.45. The second-order valence-electron chi connectivity index (χ2n) is 3.83. The van der Waals surface area contributed by atoms with Gasteiger partial charge in [-0.15, -0.1) is 11.6 Å². The third-order valence-electron chi connectivity index (χ3n) is 2.32. The van der Waals surface area contributed by atoms with Crippen LogP contribution in [0.3, 0.4) is 0 Å². The smallest absolute Gasteiger partial charge is 0.147 e. The molecule has 3 nitrogen and oxygen atoms in total. The average molecular weight is 417 g/mol. The molecule has 0 N–H and O–H groups in total. The van der Waals surface area contributed by atoms with Crippen LogP contribution >= 0.6 is 43.5 Å². The van der Waals surface area contributed by atoms with Crippen LogP contribution in [0.5, 0.6) is 5.75 Å². The van der Waals surface area contributed by atoms with E-state index in [4.69, 9.17) is 25.8 Å². The van der Waals surface area contributed by atoms with Crippen LogP contribution in [-0.2, 0) is 15.4 Å². The van der Waals surface area contributed by atoms with E-state index >= 15 is 0 Å². The van der Waals surface area contributed by atoms with Crippen LogP contribution in [0, 0.1) is 0 Å². The molecule has 0 spiro atoms. The minimum Gasteiger partial charge on any atom is -0.489 e. The number of hydrogen-bond acceptors (Lipinski definition) is 3. The van der Waals surface area contributed by atoms with E-state index in [1.54, 1.807) is 7.11 Å². The van der Waals surface area contributed by atoms with Gasteiger partial charge in [0, 0.05) is 26.2 Å². The lowest BCUT2D eigenvalue weighted by Gasteiger charge is -2.12. The SMILES string of the molecule is COCCCOCCOc1c(Br)cc(CCl)cc1Br. The summed E-state index contributed by atoms with van der Waals surface area (Å²) >= 11 is 12.7. The summed E-state index contributed by atoms with van der Waals surface area (Å²) in [4.78, 5) is 0. The van der Waals surface area contributed by atoms with Crippen molar-refractivity contribution in [3.8, 4) is 5.75 Å². The highest BCUT2D eigenvalue weighted by Gasteiger charge is 2.08. The van der Waals surface area contributed by atoms with E-state index in [2.05, 4.69) is 31.9 Å². The molecule has 0 unspecified atom stereocenters. The number of hydrogen-bond donors (Lipinski definition) is 0. The first kappa shape index (κ1) is 17.2. The minimum absolute atomic E-state index is 0.472. The lowest BCUT2D eigenvalue weighted by Crippen LogP contribution is -2.09. The van der Waals surface area contributed by atoms with Gasteiger partial charge in [-0.1, -0.05) is 0 Å². The fourth-order valence-corrected chi connectivity index (χ4v) is 3.10. The maximum atomic E-state index is 5.80. The van der Waals surface area contributed by atoms with Gasteiger partial charge in [-0.25, -0.2) is 0 Å². The zero-order valence-corrected chi connectivity index (χ0v) is 14.7. The van der Waals surface area contributed by atoms with Crippen molar-refractivity contribution in [1.82, 2.24) is 0 Å². The summed E-state index contributed by atoms with van der Waals surface area (Å²) in [7, 11) is 1.68. The molecule has 19 heavy (non-hydrogen) atoms. The Morgan fingerprint density at radius 1 is 1.05 bits per heavy atom. The molecule has 0 saturated heterocycles. The maximum Gasteiger partial charge on any atom is 0.147 e. The van der Waals surface area contributed by atoms with Crippen molar-refractivity contribution in [2.75, 3.05) is 33.5 Å². The van der Waals surface area contributed by atoms with Gasteiger partial charge >= 0.3 is 0 Å². The molecule has 6 heteroatoms. The van der Waals surface area contributed by atoms with Crippen molar-refractivity contribution in [3.05, 3.63) is 26.6 Å². The van der Waals surface area contributed by atoms with Crippen LogP contribution in [0.4, 0.5) is 0 Å². The highest BCUT2D eigenvalue weighted by Crippen LogP contribution is 2.35. The Morgan fingerprint density at radius 3 is 2.32 bits per heavy atom. The lowest BCUT2D eigenvalue weighted by atomic mass is 10.2. The van der Waals surface area contributed by atoms with Gasteiger partial charge in [0.05, 0.1) is 15.6 Å². The van der Waals surface area contributed by atoms with Crippen molar-refractivity contribution >= 4 is 43.5 Å². The first-order chi connectivity index (χ1) is 9.19. The Labute approximate surface area is 135 Å². The quantitative estimate of drug-likeness (QED) is 0.442. The van der Waals surface area contributed by atoms with Gasteiger partial charge in [0.15, 0.2) is 0 Å². The predicted octanol–water partition coefficient (Wildman–Crippen LogP) is 4.38. The van der Waals surface area contributed by atoms with Crippen LogP contribution in [0.15, 0.2) is 21.1 Å². The summed E-state index contributed by atoms with van der Waals surface area (Å²) < 4.78 is 17.8. The predicted molar refractivity (Wildman–Crippen MR) is 84.2 cm³/mol. The van der Waals surface area contributed by atoms with E-state index in [0.29, 0.717) is 25.7 Å². The minimum atomic E-state index is 0.472. The van der Waals surface area contributed by atoms with Gasteiger partial charge < -0.3 is 14.2 Å². The number of ether oxygens (including phenoxy) is 3. The molecule has 0 aliphatic rings. The van der Waals surface area contributed by atoms with Gasteiger partial charge in [-0.05, 0) is 56.0 Å². The van der Waals surface area contributed by atoms with Gasteiger partial charge in [0.1, 0.15) is 12.4 Å². The summed E-state index contributed by atoms with van der Waals surface area (Å²) in [5.41, 5.74) is 1.03. The van der Waals surface area contributed by atoms with Crippen molar-refractivity contribution < 1.29 is 14.2 Å². The highest BCUT2D eigenvalue weighted by atomic mass is 79.9. The molecule has 0 fully saturated rings. The zero-order chi connectivity index (χ0) is 14.1. The lowest BCUT2D eigenvalue weighted by molar-refractivity contribution is 0.0803. The Kier molecular flexibility index (Phi) is 9.07. The monoisotopic (exact) mass is 414 g/mol. The zero-order valence-electron chi connectivity index (χ0n) is 10.8.